The minimum Gasteiger partial charge on any atom is -0.280 e. The van der Waals surface area contributed by atoms with Crippen molar-refractivity contribution in [2.45, 2.75) is 0 Å². The molecule has 3 nitrogen and oxygen atoms in total. The zero-order chi connectivity index (χ0) is 12.2. The van der Waals surface area contributed by atoms with Crippen LogP contribution in [0.3, 0.4) is 0 Å². The van der Waals surface area contributed by atoms with Crippen LogP contribution in [-0.2, 0) is 14.6 Å². The number of carbonyl (C=O) groups is 1. The Morgan fingerprint density at radius 2 is 1.94 bits per heavy atom. The van der Waals surface area contributed by atoms with E-state index in [9.17, 15) is 13.2 Å². The highest BCUT2D eigenvalue weighted by molar-refractivity contribution is 7.94. The molecule has 88 valence electrons. The summed E-state index contributed by atoms with van der Waals surface area (Å²) in [6.07, 6.45) is 6.21. The molecule has 0 radical (unpaired) electrons. The number of carbonyl (C=O) groups excluding carboxylic acids is 1. The molecule has 1 aliphatic rings. The van der Waals surface area contributed by atoms with Gasteiger partial charge in [-0.2, -0.15) is 0 Å². The Labute approximate surface area is 104 Å². The lowest BCUT2D eigenvalue weighted by atomic mass is 10.0. The van der Waals surface area contributed by atoms with Gasteiger partial charge in [-0.15, -0.1) is 11.6 Å². The second-order valence-corrected chi connectivity index (χ2v) is 5.94. The normalized spacial score (nSPS) is 19.9. The lowest BCUT2D eigenvalue weighted by molar-refractivity contribution is -0.112. The summed E-state index contributed by atoms with van der Waals surface area (Å²) < 4.78 is 22.8. The number of hydrogen-bond acceptors (Lipinski definition) is 3. The molecule has 1 rings (SSSR count). The lowest BCUT2D eigenvalue weighted by Crippen LogP contribution is -2.07. The summed E-state index contributed by atoms with van der Waals surface area (Å²) in [4.78, 5) is 10.8. The predicted octanol–water partition coefficient (Wildman–Crippen LogP) is 2.03. The van der Waals surface area contributed by atoms with Gasteiger partial charge in [0.15, 0.2) is 9.84 Å². The molecule has 0 heterocycles. The number of hydrogen-bond donors (Lipinski definition) is 0. The van der Waals surface area contributed by atoms with Crippen LogP contribution in [0.5, 0.6) is 0 Å². The van der Waals surface area contributed by atoms with E-state index in [1.165, 1.54) is 0 Å². The molecule has 6 heteroatoms. The van der Waals surface area contributed by atoms with Crippen molar-refractivity contribution in [1.29, 1.82) is 0 Å². The van der Waals surface area contributed by atoms with Crippen molar-refractivity contribution >= 4 is 38.3 Å². The molecular formula is C10H10Cl2O3S. The van der Waals surface area contributed by atoms with Gasteiger partial charge in [-0.05, 0) is 17.2 Å². The smallest absolute Gasteiger partial charge is 0.232 e. The molecule has 0 N–H and O–H groups in total. The minimum absolute atomic E-state index is 0.0579. The Balaban J connectivity index is 2.81. The summed E-state index contributed by atoms with van der Waals surface area (Å²) in [6, 6.07) is 0. The van der Waals surface area contributed by atoms with E-state index in [2.05, 4.69) is 0 Å². The Kier molecular flexibility index (Phi) is 4.77. The first-order valence-electron chi connectivity index (χ1n) is 4.51. The van der Waals surface area contributed by atoms with E-state index >= 15 is 0 Å². The van der Waals surface area contributed by atoms with Gasteiger partial charge in [-0.3, -0.25) is 4.79 Å². The largest absolute Gasteiger partial charge is 0.280 e. The van der Waals surface area contributed by atoms with E-state index in [4.69, 9.17) is 23.2 Å². The summed E-state index contributed by atoms with van der Waals surface area (Å²) in [5.41, 5.74) is 0.513. The van der Waals surface area contributed by atoms with E-state index in [0.29, 0.717) is 5.57 Å². The first kappa shape index (κ1) is 13.5. The molecule has 0 aromatic carbocycles. The van der Waals surface area contributed by atoms with Gasteiger partial charge >= 0.3 is 0 Å². The van der Waals surface area contributed by atoms with Crippen LogP contribution in [0.4, 0.5) is 0 Å². The van der Waals surface area contributed by atoms with Gasteiger partial charge in [-0.25, -0.2) is 8.42 Å². The van der Waals surface area contributed by atoms with Crippen molar-refractivity contribution in [3.8, 4) is 0 Å². The van der Waals surface area contributed by atoms with Gasteiger partial charge in [-0.1, -0.05) is 24.3 Å². The Bertz CT molecular complexity index is 444. The van der Waals surface area contributed by atoms with E-state index in [1.807, 2.05) is 0 Å². The second kappa shape index (κ2) is 5.66. The fourth-order valence-electron chi connectivity index (χ4n) is 1.15. The molecule has 1 aliphatic carbocycles. The van der Waals surface area contributed by atoms with Crippen molar-refractivity contribution in [2.75, 3.05) is 11.6 Å². The third-order valence-corrected chi connectivity index (χ3v) is 4.00. The van der Waals surface area contributed by atoms with Crippen molar-refractivity contribution in [1.82, 2.24) is 0 Å². The van der Waals surface area contributed by atoms with Gasteiger partial charge < -0.3 is 0 Å². The van der Waals surface area contributed by atoms with E-state index < -0.39 is 21.0 Å². The van der Waals surface area contributed by atoms with E-state index in [1.54, 1.807) is 24.3 Å². The first-order chi connectivity index (χ1) is 7.44. The zero-order valence-electron chi connectivity index (χ0n) is 8.27. The van der Waals surface area contributed by atoms with Gasteiger partial charge in [0, 0.05) is 11.3 Å². The standard InChI is InChI=1S/C10H10Cl2O3S/c11-5-6-16(14,15)7-8-1-3-9(4-2-8)10(12)13/h1-4,7,9H,5-6H2. The van der Waals surface area contributed by atoms with E-state index in [-0.39, 0.29) is 11.6 Å². The fourth-order valence-corrected chi connectivity index (χ4v) is 2.85. The van der Waals surface area contributed by atoms with Crippen LogP contribution in [0.15, 0.2) is 35.3 Å². The highest BCUT2D eigenvalue weighted by atomic mass is 35.5. The minimum atomic E-state index is -3.28. The van der Waals surface area contributed by atoms with Gasteiger partial charge in [0.25, 0.3) is 0 Å². The molecule has 0 atom stereocenters. The Morgan fingerprint density at radius 1 is 1.38 bits per heavy atom. The van der Waals surface area contributed by atoms with E-state index in [0.717, 1.165) is 5.41 Å². The number of sulfone groups is 1. The SMILES string of the molecule is O=C(Cl)C1C=CC(=CS(=O)(=O)CCCl)C=C1. The molecule has 0 bridgehead atoms. The third-order valence-electron chi connectivity index (χ3n) is 1.93. The first-order valence-corrected chi connectivity index (χ1v) is 7.13. The Morgan fingerprint density at radius 3 is 2.38 bits per heavy atom. The molecule has 0 saturated heterocycles. The summed E-state index contributed by atoms with van der Waals surface area (Å²) >= 11 is 10.7. The van der Waals surface area contributed by atoms with Crippen LogP contribution >= 0.6 is 23.2 Å². The van der Waals surface area contributed by atoms with Crippen LogP contribution in [0.2, 0.25) is 0 Å². The maximum atomic E-state index is 11.4. The summed E-state index contributed by atoms with van der Waals surface area (Å²) in [6.45, 7) is 0. The third kappa shape index (κ3) is 4.12. The zero-order valence-corrected chi connectivity index (χ0v) is 10.6. The average molecular weight is 281 g/mol. The quantitative estimate of drug-likeness (QED) is 0.585. The van der Waals surface area contributed by atoms with Crippen molar-refractivity contribution in [3.05, 3.63) is 35.3 Å². The maximum absolute atomic E-state index is 11.4. The van der Waals surface area contributed by atoms with Crippen molar-refractivity contribution in [3.63, 3.8) is 0 Å². The average Bonchev–Trinajstić information content (AvgIpc) is 2.17. The van der Waals surface area contributed by atoms with Crippen molar-refractivity contribution < 1.29 is 13.2 Å². The molecule has 0 amide bonds. The summed E-state index contributed by atoms with van der Waals surface area (Å²) in [7, 11) is -3.28. The summed E-state index contributed by atoms with van der Waals surface area (Å²) in [5.74, 6) is -0.519. The van der Waals surface area contributed by atoms with Gasteiger partial charge in [0.2, 0.25) is 5.24 Å². The molecule has 16 heavy (non-hydrogen) atoms. The van der Waals surface area contributed by atoms with Crippen molar-refractivity contribution in [2.24, 2.45) is 5.92 Å². The Hall–Kier alpha value is -0.580. The molecule has 0 saturated carbocycles. The predicted molar refractivity (Wildman–Crippen MR) is 65.2 cm³/mol. The molecule has 0 aliphatic heterocycles. The second-order valence-electron chi connectivity index (χ2n) is 3.22. The van der Waals surface area contributed by atoms with Gasteiger partial charge in [0.1, 0.15) is 0 Å². The highest BCUT2D eigenvalue weighted by Crippen LogP contribution is 2.17. The summed E-state index contributed by atoms with van der Waals surface area (Å²) in [5, 5.41) is 0.646. The van der Waals surface area contributed by atoms with Crippen LogP contribution < -0.4 is 0 Å². The lowest BCUT2D eigenvalue weighted by Gasteiger charge is -2.07. The molecule has 0 aromatic heterocycles. The number of halogens is 2. The fraction of sp³-hybridized carbons (Fsp3) is 0.300. The molecule has 0 fully saturated rings. The number of alkyl halides is 1. The monoisotopic (exact) mass is 280 g/mol. The topological polar surface area (TPSA) is 51.2 Å². The number of allylic oxidation sites excluding steroid dienone is 5. The molecule has 0 aromatic rings. The molecular weight excluding hydrogens is 271 g/mol. The van der Waals surface area contributed by atoms with Crippen LogP contribution in [0.1, 0.15) is 0 Å². The van der Waals surface area contributed by atoms with Crippen LogP contribution in [-0.4, -0.2) is 25.3 Å². The van der Waals surface area contributed by atoms with Crippen LogP contribution in [0, 0.1) is 5.92 Å². The maximum Gasteiger partial charge on any atom is 0.232 e. The molecule has 0 spiro atoms. The highest BCUT2D eigenvalue weighted by Gasteiger charge is 2.13. The number of rotatable bonds is 4. The van der Waals surface area contributed by atoms with Gasteiger partial charge in [0.05, 0.1) is 11.7 Å². The van der Waals surface area contributed by atoms with Crippen LogP contribution in [0.25, 0.3) is 0 Å². The molecule has 0 unspecified atom stereocenters.